The number of hydrogen-bond donors (Lipinski definition) is 0. The van der Waals surface area contributed by atoms with Crippen LogP contribution in [-0.4, -0.2) is 29.9 Å². The quantitative estimate of drug-likeness (QED) is 0.209. The van der Waals surface area contributed by atoms with Gasteiger partial charge in [-0.25, -0.2) is 0 Å². The molecule has 0 bridgehead atoms. The molecule has 1 heterocycles. The van der Waals surface area contributed by atoms with Crippen molar-refractivity contribution in [2.75, 3.05) is 13.2 Å². The van der Waals surface area contributed by atoms with Crippen molar-refractivity contribution in [1.82, 2.24) is 4.90 Å². The van der Waals surface area contributed by atoms with Gasteiger partial charge in [0.2, 0.25) is 0 Å². The Morgan fingerprint density at radius 2 is 1.53 bits per heavy atom. The van der Waals surface area contributed by atoms with Crippen molar-refractivity contribution in [3.63, 3.8) is 0 Å². The molecule has 1 aliphatic rings. The number of hydrogen-bond acceptors (Lipinski definition) is 4. The molecular formula is C27H36N2O3. The molecule has 2 rings (SSSR count). The number of carbonyl (C=O) groups is 2. The highest BCUT2D eigenvalue weighted by molar-refractivity contribution is 6.19. The van der Waals surface area contributed by atoms with Crippen LogP contribution in [0.4, 0.5) is 0 Å². The summed E-state index contributed by atoms with van der Waals surface area (Å²) in [5.41, 5.74) is 1.73. The van der Waals surface area contributed by atoms with E-state index in [-0.39, 0.29) is 11.5 Å². The lowest BCUT2D eigenvalue weighted by Crippen LogP contribution is -2.43. The number of carbonyl (C=O) groups excluding carboxylic acids is 2. The minimum atomic E-state index is -0.480. The van der Waals surface area contributed by atoms with Gasteiger partial charge in [-0.3, -0.25) is 14.5 Å². The van der Waals surface area contributed by atoms with Gasteiger partial charge in [0.25, 0.3) is 11.8 Å². The van der Waals surface area contributed by atoms with E-state index in [9.17, 15) is 14.9 Å². The van der Waals surface area contributed by atoms with Crippen LogP contribution in [-0.2, 0) is 9.59 Å². The first kappa shape index (κ1) is 25.4. The molecule has 0 fully saturated rings. The number of nitriles is 1. The summed E-state index contributed by atoms with van der Waals surface area (Å²) in [6, 6.07) is 9.58. The van der Waals surface area contributed by atoms with E-state index in [0.717, 1.165) is 43.4 Å². The maximum atomic E-state index is 13.1. The van der Waals surface area contributed by atoms with Crippen LogP contribution in [0.3, 0.4) is 0 Å². The van der Waals surface area contributed by atoms with Gasteiger partial charge in [-0.05, 0) is 49.1 Å². The lowest BCUT2D eigenvalue weighted by molar-refractivity contribution is -0.140. The Bertz CT molecular complexity index is 875. The van der Waals surface area contributed by atoms with E-state index in [4.69, 9.17) is 4.74 Å². The summed E-state index contributed by atoms with van der Waals surface area (Å²) < 4.78 is 5.81. The van der Waals surface area contributed by atoms with Gasteiger partial charge in [-0.1, -0.05) is 70.9 Å². The first-order chi connectivity index (χ1) is 15.5. The molecule has 0 aliphatic carbocycles. The molecule has 0 saturated carbocycles. The second kappa shape index (κ2) is 13.5. The SMILES string of the molecule is CCCCCCCOc1ccc(/C=C2/C(=O)N(CCCCCC)C(=O)C(C#N)=C2C)cc1. The Morgan fingerprint density at radius 1 is 0.906 bits per heavy atom. The molecule has 1 aromatic rings. The number of nitrogens with zero attached hydrogens (tertiary/aromatic N) is 2. The van der Waals surface area contributed by atoms with Crippen molar-refractivity contribution in [3.8, 4) is 11.8 Å². The fourth-order valence-corrected chi connectivity index (χ4v) is 3.75. The van der Waals surface area contributed by atoms with Crippen LogP contribution in [0.25, 0.3) is 6.08 Å². The van der Waals surface area contributed by atoms with Gasteiger partial charge in [-0.15, -0.1) is 0 Å². The van der Waals surface area contributed by atoms with E-state index in [0.29, 0.717) is 24.3 Å². The number of benzene rings is 1. The second-order valence-electron chi connectivity index (χ2n) is 8.32. The molecule has 0 saturated heterocycles. The summed E-state index contributed by atoms with van der Waals surface area (Å²) in [6.45, 7) is 7.03. The van der Waals surface area contributed by atoms with E-state index in [1.807, 2.05) is 30.3 Å². The minimum absolute atomic E-state index is 0.0503. The number of ether oxygens (including phenoxy) is 1. The highest BCUT2D eigenvalue weighted by Gasteiger charge is 2.34. The van der Waals surface area contributed by atoms with Crippen LogP contribution in [0.5, 0.6) is 5.75 Å². The Balaban J connectivity index is 2.09. The second-order valence-corrected chi connectivity index (χ2v) is 8.32. The minimum Gasteiger partial charge on any atom is -0.494 e. The van der Waals surface area contributed by atoms with Crippen LogP contribution < -0.4 is 4.74 Å². The van der Waals surface area contributed by atoms with Crippen molar-refractivity contribution in [1.29, 1.82) is 5.26 Å². The molecule has 5 nitrogen and oxygen atoms in total. The van der Waals surface area contributed by atoms with Gasteiger partial charge in [-0.2, -0.15) is 5.26 Å². The summed E-state index contributed by atoms with van der Waals surface area (Å²) in [7, 11) is 0. The molecule has 2 amide bonds. The smallest absolute Gasteiger partial charge is 0.271 e. The lowest BCUT2D eigenvalue weighted by atomic mass is 9.93. The molecular weight excluding hydrogens is 400 g/mol. The average Bonchev–Trinajstić information content (AvgIpc) is 2.80. The first-order valence-corrected chi connectivity index (χ1v) is 12.0. The van der Waals surface area contributed by atoms with Crippen molar-refractivity contribution in [2.45, 2.75) is 78.6 Å². The van der Waals surface area contributed by atoms with Gasteiger partial charge < -0.3 is 4.74 Å². The molecule has 1 aromatic carbocycles. The molecule has 0 atom stereocenters. The molecule has 5 heteroatoms. The first-order valence-electron chi connectivity index (χ1n) is 12.0. The van der Waals surface area contributed by atoms with Crippen molar-refractivity contribution in [2.24, 2.45) is 0 Å². The Morgan fingerprint density at radius 3 is 2.16 bits per heavy atom. The fraction of sp³-hybridized carbons (Fsp3) is 0.519. The molecule has 0 N–H and O–H groups in total. The molecule has 0 aromatic heterocycles. The van der Waals surface area contributed by atoms with E-state index in [1.54, 1.807) is 13.0 Å². The summed E-state index contributed by atoms with van der Waals surface area (Å²) in [5.74, 6) is -0.00273. The summed E-state index contributed by atoms with van der Waals surface area (Å²) in [4.78, 5) is 26.9. The summed E-state index contributed by atoms with van der Waals surface area (Å²) in [6.07, 6.45) is 11.6. The highest BCUT2D eigenvalue weighted by atomic mass is 16.5. The number of imide groups is 1. The van der Waals surface area contributed by atoms with Gasteiger partial charge in [0.15, 0.2) is 0 Å². The number of amides is 2. The van der Waals surface area contributed by atoms with Crippen molar-refractivity contribution in [3.05, 3.63) is 46.5 Å². The molecule has 1 aliphatic heterocycles. The van der Waals surface area contributed by atoms with E-state index in [1.165, 1.54) is 30.6 Å². The van der Waals surface area contributed by atoms with E-state index in [2.05, 4.69) is 13.8 Å². The van der Waals surface area contributed by atoms with Crippen molar-refractivity contribution >= 4 is 17.9 Å². The van der Waals surface area contributed by atoms with Gasteiger partial charge in [0.1, 0.15) is 17.4 Å². The summed E-state index contributed by atoms with van der Waals surface area (Å²) >= 11 is 0. The number of unbranched alkanes of at least 4 members (excludes halogenated alkanes) is 7. The third kappa shape index (κ3) is 7.09. The molecule has 172 valence electrons. The summed E-state index contributed by atoms with van der Waals surface area (Å²) in [5, 5.41) is 9.51. The Hall–Kier alpha value is -2.87. The van der Waals surface area contributed by atoms with E-state index >= 15 is 0 Å². The normalized spacial score (nSPS) is 15.4. The monoisotopic (exact) mass is 436 g/mol. The van der Waals surface area contributed by atoms with Crippen LogP contribution in [0.2, 0.25) is 0 Å². The average molecular weight is 437 g/mol. The highest BCUT2D eigenvalue weighted by Crippen LogP contribution is 2.28. The van der Waals surface area contributed by atoms with Gasteiger partial charge in [0, 0.05) is 12.1 Å². The third-order valence-corrected chi connectivity index (χ3v) is 5.77. The predicted molar refractivity (Wildman–Crippen MR) is 128 cm³/mol. The van der Waals surface area contributed by atoms with Crippen LogP contribution in [0.1, 0.15) is 84.1 Å². The van der Waals surface area contributed by atoms with E-state index < -0.39 is 5.91 Å². The third-order valence-electron chi connectivity index (χ3n) is 5.77. The zero-order chi connectivity index (χ0) is 23.3. The van der Waals surface area contributed by atoms with Crippen LogP contribution >= 0.6 is 0 Å². The zero-order valence-electron chi connectivity index (χ0n) is 19.8. The molecule has 0 unspecified atom stereocenters. The topological polar surface area (TPSA) is 70.4 Å². The fourth-order valence-electron chi connectivity index (χ4n) is 3.75. The molecule has 0 radical (unpaired) electrons. The Kier molecular flexibility index (Phi) is 10.7. The number of rotatable bonds is 13. The zero-order valence-corrected chi connectivity index (χ0v) is 19.8. The van der Waals surface area contributed by atoms with Crippen molar-refractivity contribution < 1.29 is 14.3 Å². The molecule has 32 heavy (non-hydrogen) atoms. The Labute approximate surface area is 192 Å². The van der Waals surface area contributed by atoms with Crippen LogP contribution in [0.15, 0.2) is 41.0 Å². The predicted octanol–water partition coefficient (Wildman–Crippen LogP) is 6.21. The van der Waals surface area contributed by atoms with Crippen LogP contribution in [0, 0.1) is 11.3 Å². The largest absolute Gasteiger partial charge is 0.494 e. The standard InChI is InChI=1S/C27H36N2O3/c1-4-6-8-10-12-18-32-23-15-13-22(14-16-23)19-24-21(3)25(20-28)27(31)29(26(24)30)17-11-9-7-5-2/h13-16,19H,4-12,17-18H2,1-3H3/b24-19+. The maximum absolute atomic E-state index is 13.1. The van der Waals surface area contributed by atoms with Gasteiger partial charge in [0.05, 0.1) is 6.61 Å². The molecule has 0 spiro atoms. The van der Waals surface area contributed by atoms with Gasteiger partial charge >= 0.3 is 0 Å². The maximum Gasteiger partial charge on any atom is 0.271 e. The lowest BCUT2D eigenvalue weighted by Gasteiger charge is -2.27.